The molecule has 0 spiro atoms. The minimum absolute atomic E-state index is 0.00845. The predicted molar refractivity (Wildman–Crippen MR) is 132 cm³/mol. The van der Waals surface area contributed by atoms with Crippen LogP contribution in [-0.2, 0) is 20.2 Å². The highest BCUT2D eigenvalue weighted by Crippen LogP contribution is 2.22. The Bertz CT molecular complexity index is 1530. The Morgan fingerprint density at radius 3 is 2.74 bits per heavy atom. The number of piperidine rings is 1. The van der Waals surface area contributed by atoms with Crippen molar-refractivity contribution in [2.45, 2.75) is 32.1 Å². The molecule has 1 aliphatic rings. The molecule has 0 atom stereocenters. The van der Waals surface area contributed by atoms with Crippen LogP contribution in [0.4, 0.5) is 4.39 Å². The number of ether oxygens (including phenoxy) is 2. The Kier molecular flexibility index (Phi) is 7.10. The van der Waals surface area contributed by atoms with Gasteiger partial charge in [0, 0.05) is 32.4 Å². The summed E-state index contributed by atoms with van der Waals surface area (Å²) in [5.74, 6) is -0.0832. The average Bonchev–Trinajstić information content (AvgIpc) is 3.23. The van der Waals surface area contributed by atoms with Crippen LogP contribution in [0.2, 0.25) is 0 Å². The molecule has 0 aliphatic carbocycles. The number of aromatic carboxylic acids is 1. The molecular formula is C26H24FN7O4. The normalized spacial score (nSPS) is 14.3. The molecule has 0 unspecified atom stereocenters. The van der Waals surface area contributed by atoms with Crippen molar-refractivity contribution in [3.63, 3.8) is 0 Å². The van der Waals surface area contributed by atoms with Crippen molar-refractivity contribution >= 4 is 17.1 Å². The number of benzene rings is 1. The third kappa shape index (κ3) is 5.52. The summed E-state index contributed by atoms with van der Waals surface area (Å²) in [7, 11) is 1.84. The van der Waals surface area contributed by atoms with Crippen LogP contribution in [0.25, 0.3) is 11.2 Å². The number of rotatable bonds is 8. The average molecular weight is 518 g/mol. The van der Waals surface area contributed by atoms with Gasteiger partial charge in [-0.1, -0.05) is 0 Å². The van der Waals surface area contributed by atoms with E-state index in [-0.39, 0.29) is 29.7 Å². The number of aromatic nitrogens is 5. The number of carbonyl (C=O) groups is 1. The number of hydrogen-bond acceptors (Lipinski definition) is 9. The van der Waals surface area contributed by atoms with E-state index in [0.29, 0.717) is 29.4 Å². The molecule has 4 aromatic rings. The van der Waals surface area contributed by atoms with Gasteiger partial charge in [-0.3, -0.25) is 4.90 Å². The molecule has 11 nitrogen and oxygen atoms in total. The maximum Gasteiger partial charge on any atom is 0.354 e. The van der Waals surface area contributed by atoms with Crippen molar-refractivity contribution in [1.29, 1.82) is 5.26 Å². The fourth-order valence-electron chi connectivity index (χ4n) is 4.27. The molecule has 1 fully saturated rings. The van der Waals surface area contributed by atoms with Gasteiger partial charge in [-0.25, -0.2) is 24.1 Å². The van der Waals surface area contributed by atoms with Crippen molar-refractivity contribution in [1.82, 2.24) is 29.4 Å². The molecule has 0 bridgehead atoms. The summed E-state index contributed by atoms with van der Waals surface area (Å²) in [6.07, 6.45) is 3.13. The molecule has 1 N–H and O–H groups in total. The van der Waals surface area contributed by atoms with Crippen molar-refractivity contribution in [3.05, 3.63) is 71.3 Å². The van der Waals surface area contributed by atoms with Gasteiger partial charge in [0.1, 0.15) is 24.1 Å². The van der Waals surface area contributed by atoms with Crippen LogP contribution >= 0.6 is 0 Å². The van der Waals surface area contributed by atoms with Gasteiger partial charge in [0.15, 0.2) is 28.7 Å². The molecule has 1 aliphatic heterocycles. The maximum absolute atomic E-state index is 14.0. The summed E-state index contributed by atoms with van der Waals surface area (Å²) >= 11 is 0. The standard InChI is InChI=1S/C26H24FN7O4/c1-33-23(30-19-3-4-20(26(35)36)31-25(19)33)14-34-10-7-17(8-11-34)38-24-6-9-29-22(32-24)15-37-21-5-2-16(13-28)12-18(21)27/h2-6,9,12,17H,7-8,10-11,14-15H2,1H3,(H,35,36). The minimum atomic E-state index is -1.07. The second-order valence-corrected chi connectivity index (χ2v) is 8.88. The summed E-state index contributed by atoms with van der Waals surface area (Å²) in [4.78, 5) is 30.9. The molecule has 38 heavy (non-hydrogen) atoms. The van der Waals surface area contributed by atoms with E-state index >= 15 is 0 Å². The first kappa shape index (κ1) is 25.0. The molecular weight excluding hydrogens is 493 g/mol. The van der Waals surface area contributed by atoms with Crippen LogP contribution in [0.15, 0.2) is 42.6 Å². The molecule has 0 radical (unpaired) electrons. The van der Waals surface area contributed by atoms with E-state index in [9.17, 15) is 14.3 Å². The van der Waals surface area contributed by atoms with Crippen molar-refractivity contribution in [2.75, 3.05) is 13.1 Å². The Morgan fingerprint density at radius 2 is 2.00 bits per heavy atom. The number of imidazole rings is 1. The Balaban J connectivity index is 1.14. The van der Waals surface area contributed by atoms with E-state index in [2.05, 4.69) is 24.8 Å². The fourth-order valence-corrected chi connectivity index (χ4v) is 4.27. The third-order valence-corrected chi connectivity index (χ3v) is 6.31. The highest BCUT2D eigenvalue weighted by atomic mass is 19.1. The third-order valence-electron chi connectivity index (χ3n) is 6.31. The van der Waals surface area contributed by atoms with Crippen LogP contribution in [0.3, 0.4) is 0 Å². The monoisotopic (exact) mass is 517 g/mol. The topological polar surface area (TPSA) is 139 Å². The van der Waals surface area contributed by atoms with Gasteiger partial charge in [0.25, 0.3) is 0 Å². The number of halogens is 1. The molecule has 12 heteroatoms. The fraction of sp³-hybridized carbons (Fsp3) is 0.308. The smallest absolute Gasteiger partial charge is 0.354 e. The van der Waals surface area contributed by atoms with Gasteiger partial charge in [0.2, 0.25) is 5.88 Å². The molecule has 0 saturated carbocycles. The van der Waals surface area contributed by atoms with Crippen LogP contribution in [-0.4, -0.2) is 59.7 Å². The van der Waals surface area contributed by atoms with Gasteiger partial charge in [-0.15, -0.1) is 0 Å². The Morgan fingerprint density at radius 1 is 1.18 bits per heavy atom. The number of pyridine rings is 1. The minimum Gasteiger partial charge on any atom is -0.483 e. The van der Waals surface area contributed by atoms with Gasteiger partial charge < -0.3 is 19.1 Å². The van der Waals surface area contributed by atoms with E-state index in [1.807, 2.05) is 17.7 Å². The lowest BCUT2D eigenvalue weighted by Crippen LogP contribution is -2.38. The lowest BCUT2D eigenvalue weighted by Gasteiger charge is -2.31. The summed E-state index contributed by atoms with van der Waals surface area (Å²) in [5.41, 5.74) is 1.41. The number of carboxylic acid groups (broad SMARTS) is 1. The zero-order valence-corrected chi connectivity index (χ0v) is 20.5. The summed E-state index contributed by atoms with van der Waals surface area (Å²) in [5, 5.41) is 18.1. The highest BCUT2D eigenvalue weighted by Gasteiger charge is 2.23. The quantitative estimate of drug-likeness (QED) is 0.371. The van der Waals surface area contributed by atoms with E-state index in [1.54, 1.807) is 18.3 Å². The first-order valence-electron chi connectivity index (χ1n) is 12.0. The van der Waals surface area contributed by atoms with Gasteiger partial charge in [0.05, 0.1) is 18.2 Å². The molecule has 194 valence electrons. The van der Waals surface area contributed by atoms with E-state index in [4.69, 9.17) is 14.7 Å². The maximum atomic E-state index is 14.0. The molecule has 1 aromatic carbocycles. The van der Waals surface area contributed by atoms with E-state index < -0.39 is 11.8 Å². The SMILES string of the molecule is Cn1c(CN2CCC(Oc3ccnc(COc4ccc(C#N)cc4F)n3)CC2)nc2ccc(C(=O)O)nc21. The number of hydrogen-bond donors (Lipinski definition) is 1. The van der Waals surface area contributed by atoms with Crippen LogP contribution in [0.5, 0.6) is 11.6 Å². The second kappa shape index (κ2) is 10.8. The first-order valence-corrected chi connectivity index (χ1v) is 12.0. The van der Waals surface area contributed by atoms with Crippen molar-refractivity contribution in [3.8, 4) is 17.7 Å². The van der Waals surface area contributed by atoms with Crippen LogP contribution in [0, 0.1) is 17.1 Å². The number of nitriles is 1. The predicted octanol–water partition coefficient (Wildman–Crippen LogP) is 3.09. The van der Waals surface area contributed by atoms with Gasteiger partial charge in [-0.2, -0.15) is 10.2 Å². The summed E-state index contributed by atoms with van der Waals surface area (Å²) in [6, 6.07) is 10.7. The lowest BCUT2D eigenvalue weighted by atomic mass is 10.1. The largest absolute Gasteiger partial charge is 0.483 e. The Labute approximate surface area is 217 Å². The van der Waals surface area contributed by atoms with E-state index in [1.165, 1.54) is 18.2 Å². The highest BCUT2D eigenvalue weighted by molar-refractivity contribution is 5.88. The molecule has 3 aromatic heterocycles. The molecule has 4 heterocycles. The number of fused-ring (bicyclic) bond motifs is 1. The first-order chi connectivity index (χ1) is 18.4. The summed E-state index contributed by atoms with van der Waals surface area (Å²) in [6.45, 7) is 2.16. The number of nitrogens with zero attached hydrogens (tertiary/aromatic N) is 7. The molecule has 1 saturated heterocycles. The number of carboxylic acids is 1. The van der Waals surface area contributed by atoms with Crippen molar-refractivity contribution in [2.24, 2.45) is 7.05 Å². The van der Waals surface area contributed by atoms with Crippen molar-refractivity contribution < 1.29 is 23.8 Å². The zero-order valence-electron chi connectivity index (χ0n) is 20.5. The lowest BCUT2D eigenvalue weighted by molar-refractivity contribution is 0.0691. The van der Waals surface area contributed by atoms with Crippen LogP contribution in [0.1, 0.15) is 40.5 Å². The molecule has 0 amide bonds. The van der Waals surface area contributed by atoms with Crippen LogP contribution < -0.4 is 9.47 Å². The van der Waals surface area contributed by atoms with E-state index in [0.717, 1.165) is 37.8 Å². The number of aryl methyl sites for hydroxylation is 1. The summed E-state index contributed by atoms with van der Waals surface area (Å²) < 4.78 is 27.4. The van der Waals surface area contributed by atoms with Gasteiger partial charge in [-0.05, 0) is 43.2 Å². The number of likely N-dealkylation sites (tertiary alicyclic amines) is 1. The zero-order chi connectivity index (χ0) is 26.6. The Hall–Kier alpha value is -4.63. The van der Waals surface area contributed by atoms with Gasteiger partial charge >= 0.3 is 5.97 Å². The molecule has 5 rings (SSSR count). The second-order valence-electron chi connectivity index (χ2n) is 8.88.